The lowest BCUT2D eigenvalue weighted by atomic mass is 9.46. The Morgan fingerprint density at radius 2 is 1.79 bits per heavy atom. The quantitative estimate of drug-likeness (QED) is 0.439. The van der Waals surface area contributed by atoms with Crippen LogP contribution < -0.4 is 14.8 Å². The number of esters is 1. The molecule has 2 N–H and O–H groups in total. The Bertz CT molecular complexity index is 1340. The molecule has 1 heterocycles. The van der Waals surface area contributed by atoms with E-state index in [1.807, 2.05) is 19.1 Å². The van der Waals surface area contributed by atoms with Crippen LogP contribution in [0.5, 0.6) is 11.5 Å². The van der Waals surface area contributed by atoms with Crippen LogP contribution in [0.4, 0.5) is 0 Å². The number of hydrogen-bond acceptors (Lipinski definition) is 8. The molecule has 9 heteroatoms. The van der Waals surface area contributed by atoms with Crippen LogP contribution in [0, 0.1) is 28.6 Å². The molecule has 1 aromatic carbocycles. The predicted octanol–water partition coefficient (Wildman–Crippen LogP) is 4.19. The van der Waals surface area contributed by atoms with Crippen LogP contribution >= 0.6 is 0 Å². The molecule has 0 aromatic heterocycles. The highest BCUT2D eigenvalue weighted by Crippen LogP contribution is 2.67. The number of ketones is 2. The van der Waals surface area contributed by atoms with Gasteiger partial charge in [-0.05, 0) is 91.9 Å². The molecule has 0 radical (unpaired) electrons. The molecule has 9 nitrogen and oxygen atoms in total. The lowest BCUT2D eigenvalue weighted by Crippen LogP contribution is -2.58. The van der Waals surface area contributed by atoms with Crippen molar-refractivity contribution in [1.29, 1.82) is 0 Å². The maximum Gasteiger partial charge on any atom is 0.306 e. The molecule has 6 atom stereocenters. The van der Waals surface area contributed by atoms with Crippen LogP contribution in [0.2, 0.25) is 0 Å². The van der Waals surface area contributed by atoms with Gasteiger partial charge in [-0.15, -0.1) is 0 Å². The van der Waals surface area contributed by atoms with Gasteiger partial charge in [-0.3, -0.25) is 19.2 Å². The minimum Gasteiger partial charge on any atom is -0.458 e. The molecule has 4 aliphatic carbocycles. The summed E-state index contributed by atoms with van der Waals surface area (Å²) in [6.45, 7) is 4.33. The fourth-order valence-electron chi connectivity index (χ4n) is 8.93. The summed E-state index contributed by atoms with van der Waals surface area (Å²) in [5.41, 5.74) is 0.0505. The first-order valence-electron chi connectivity index (χ1n) is 15.3. The van der Waals surface area contributed by atoms with Gasteiger partial charge in [0.05, 0.1) is 6.42 Å². The molecule has 0 bridgehead atoms. The number of fused-ring (bicyclic) bond motifs is 6. The lowest BCUT2D eigenvalue weighted by Gasteiger charge is -2.58. The number of carbonyl (C=O) groups is 4. The van der Waals surface area contributed by atoms with Gasteiger partial charge < -0.3 is 24.6 Å². The monoisotopic (exact) mass is 579 g/mol. The number of Topliss-reactive ketones (excluding diaryl/α,β-unsaturated/α-hetero) is 1. The number of aliphatic hydroxyl groups is 1. The standard InChI is InChI=1S/C33H41NO8/c1-31-12-9-22(35)16-21(31)4-5-23-24(31)10-13-32(2)25(23)11-14-33(32,39)28(36)18-40-30(38)8-7-29(37)34-17-20-3-6-26-27(15-20)42-19-41-26/h3,6,15-16,23-25,39H,4-5,7-14,17-19H2,1-2H3,(H,34,37)/t23?,24?,25?,31-,32-,33-/m0/s1. The number of hydrogen-bond donors (Lipinski definition) is 2. The van der Waals surface area contributed by atoms with E-state index in [0.717, 1.165) is 44.1 Å². The summed E-state index contributed by atoms with van der Waals surface area (Å²) in [6.07, 6.45) is 7.83. The Kier molecular flexibility index (Phi) is 7.44. The molecular weight excluding hydrogens is 538 g/mol. The van der Waals surface area contributed by atoms with Gasteiger partial charge in [-0.1, -0.05) is 25.5 Å². The molecule has 6 rings (SSSR count). The Labute approximate surface area is 246 Å². The highest BCUT2D eigenvalue weighted by molar-refractivity contribution is 5.92. The van der Waals surface area contributed by atoms with Crippen molar-refractivity contribution in [3.8, 4) is 11.5 Å². The van der Waals surface area contributed by atoms with Gasteiger partial charge >= 0.3 is 5.97 Å². The molecule has 1 aliphatic heterocycles. The van der Waals surface area contributed by atoms with E-state index >= 15 is 0 Å². The maximum atomic E-state index is 13.4. The number of rotatable bonds is 8. The van der Waals surface area contributed by atoms with E-state index < -0.39 is 29.4 Å². The molecule has 0 spiro atoms. The van der Waals surface area contributed by atoms with Gasteiger partial charge in [0, 0.05) is 24.8 Å². The molecule has 3 unspecified atom stereocenters. The normalized spacial score (nSPS) is 34.5. The van der Waals surface area contributed by atoms with Crippen LogP contribution in [0.3, 0.4) is 0 Å². The summed E-state index contributed by atoms with van der Waals surface area (Å²) in [6, 6.07) is 5.42. The average molecular weight is 580 g/mol. The minimum atomic E-state index is -1.54. The third-order valence-electron chi connectivity index (χ3n) is 11.4. The van der Waals surface area contributed by atoms with Crippen molar-refractivity contribution in [2.24, 2.45) is 28.6 Å². The van der Waals surface area contributed by atoms with E-state index in [1.54, 1.807) is 12.1 Å². The number of benzene rings is 1. The van der Waals surface area contributed by atoms with E-state index in [4.69, 9.17) is 14.2 Å². The van der Waals surface area contributed by atoms with E-state index in [-0.39, 0.29) is 49.2 Å². The predicted molar refractivity (Wildman–Crippen MR) is 151 cm³/mol. The van der Waals surface area contributed by atoms with Gasteiger partial charge in [0.25, 0.3) is 0 Å². The summed E-state index contributed by atoms with van der Waals surface area (Å²) in [4.78, 5) is 50.2. The third kappa shape index (κ3) is 4.83. The molecule has 3 fully saturated rings. The topological polar surface area (TPSA) is 128 Å². The van der Waals surface area contributed by atoms with Crippen molar-refractivity contribution >= 4 is 23.4 Å². The summed E-state index contributed by atoms with van der Waals surface area (Å²) in [5, 5.41) is 14.6. The van der Waals surface area contributed by atoms with Crippen LogP contribution in [0.15, 0.2) is 29.8 Å². The van der Waals surface area contributed by atoms with Crippen LogP contribution in [0.25, 0.3) is 0 Å². The van der Waals surface area contributed by atoms with Crippen LogP contribution in [0.1, 0.15) is 83.6 Å². The second-order valence-corrected chi connectivity index (χ2v) is 13.4. The Balaban J connectivity index is 0.998. The number of carbonyl (C=O) groups excluding carboxylic acids is 4. The molecule has 226 valence electrons. The Hall–Kier alpha value is -3.20. The Morgan fingerprint density at radius 3 is 2.62 bits per heavy atom. The average Bonchev–Trinajstić information content (AvgIpc) is 3.56. The zero-order valence-electron chi connectivity index (χ0n) is 24.5. The van der Waals surface area contributed by atoms with Gasteiger partial charge in [-0.2, -0.15) is 0 Å². The number of amides is 1. The van der Waals surface area contributed by atoms with Gasteiger partial charge in [-0.25, -0.2) is 0 Å². The second kappa shape index (κ2) is 10.8. The molecule has 1 amide bonds. The van der Waals surface area contributed by atoms with Gasteiger partial charge in [0.15, 0.2) is 23.9 Å². The second-order valence-electron chi connectivity index (χ2n) is 13.4. The van der Waals surface area contributed by atoms with E-state index in [9.17, 15) is 24.3 Å². The largest absolute Gasteiger partial charge is 0.458 e. The van der Waals surface area contributed by atoms with Crippen LogP contribution in [-0.4, -0.2) is 47.6 Å². The van der Waals surface area contributed by atoms with Crippen molar-refractivity contribution in [2.45, 2.75) is 90.2 Å². The van der Waals surface area contributed by atoms with Crippen molar-refractivity contribution in [3.05, 3.63) is 35.4 Å². The number of nitrogens with one attached hydrogen (secondary N) is 1. The van der Waals surface area contributed by atoms with Crippen molar-refractivity contribution in [3.63, 3.8) is 0 Å². The molecule has 42 heavy (non-hydrogen) atoms. The summed E-state index contributed by atoms with van der Waals surface area (Å²) >= 11 is 0. The molecule has 5 aliphatic rings. The highest BCUT2D eigenvalue weighted by Gasteiger charge is 2.66. The smallest absolute Gasteiger partial charge is 0.306 e. The molecular formula is C33H41NO8. The van der Waals surface area contributed by atoms with Gasteiger partial charge in [0.2, 0.25) is 18.5 Å². The first kappa shape index (κ1) is 28.9. The minimum absolute atomic E-state index is 0.0230. The zero-order chi connectivity index (χ0) is 29.7. The first-order chi connectivity index (χ1) is 20.0. The fourth-order valence-corrected chi connectivity index (χ4v) is 8.93. The highest BCUT2D eigenvalue weighted by atomic mass is 16.7. The summed E-state index contributed by atoms with van der Waals surface area (Å²) in [7, 11) is 0. The first-order valence-corrected chi connectivity index (χ1v) is 15.3. The molecule has 0 saturated heterocycles. The van der Waals surface area contributed by atoms with Crippen molar-refractivity contribution in [1.82, 2.24) is 5.32 Å². The van der Waals surface area contributed by atoms with Crippen LogP contribution in [-0.2, 0) is 30.5 Å². The fraction of sp³-hybridized carbons (Fsp3) is 0.636. The van der Waals surface area contributed by atoms with E-state index in [0.29, 0.717) is 36.2 Å². The van der Waals surface area contributed by atoms with Gasteiger partial charge in [0.1, 0.15) is 5.60 Å². The number of ether oxygens (including phenoxy) is 3. The molecule has 1 aromatic rings. The maximum absolute atomic E-state index is 13.4. The van der Waals surface area contributed by atoms with E-state index in [2.05, 4.69) is 12.2 Å². The Morgan fingerprint density at radius 1 is 1.00 bits per heavy atom. The number of allylic oxidation sites excluding steroid dienone is 1. The van der Waals surface area contributed by atoms with E-state index in [1.165, 1.54) is 5.57 Å². The SMILES string of the molecule is C[C@]12CCC(=O)C=C1CCC1C2CC[C@@]2(C)C1CC[C@]2(O)C(=O)COC(=O)CCC(=O)NCc1ccc2c(c1)OCO2. The lowest BCUT2D eigenvalue weighted by molar-refractivity contribution is -0.170. The third-order valence-corrected chi connectivity index (χ3v) is 11.4. The molecule has 3 saturated carbocycles. The zero-order valence-corrected chi connectivity index (χ0v) is 24.5. The summed E-state index contributed by atoms with van der Waals surface area (Å²) in [5.74, 6) is 1.21. The van der Waals surface area contributed by atoms with Crippen molar-refractivity contribution < 1.29 is 38.5 Å². The summed E-state index contributed by atoms with van der Waals surface area (Å²) < 4.78 is 15.9. The van der Waals surface area contributed by atoms with Crippen molar-refractivity contribution in [2.75, 3.05) is 13.4 Å².